The van der Waals surface area contributed by atoms with E-state index in [0.29, 0.717) is 12.3 Å². The Balaban J connectivity index is 2.06. The zero-order valence-electron chi connectivity index (χ0n) is 17.5. The summed E-state index contributed by atoms with van der Waals surface area (Å²) < 4.78 is 2.02. The second-order valence-corrected chi connectivity index (χ2v) is 10.1. The van der Waals surface area contributed by atoms with Crippen LogP contribution in [0.5, 0.6) is 0 Å². The molecule has 1 N–H and O–H groups in total. The second-order valence-electron chi connectivity index (χ2n) is 7.26. The molecule has 0 aliphatic carbocycles. The van der Waals surface area contributed by atoms with Crippen LogP contribution in [0.3, 0.4) is 0 Å². The monoisotopic (exact) mass is 554 g/mol. The highest BCUT2D eigenvalue weighted by Crippen LogP contribution is 2.19. The van der Waals surface area contributed by atoms with Gasteiger partial charge in [0.05, 0.1) is 5.75 Å². The van der Waals surface area contributed by atoms with Crippen molar-refractivity contribution in [1.29, 1.82) is 0 Å². The Morgan fingerprint density at radius 2 is 1.50 bits per heavy atom. The molecule has 0 bridgehead atoms. The van der Waals surface area contributed by atoms with E-state index in [1.54, 1.807) is 23.6 Å². The molecule has 0 radical (unpaired) electrons. The number of nitrogens with zero attached hydrogens (tertiary/aromatic N) is 1. The van der Waals surface area contributed by atoms with E-state index in [9.17, 15) is 9.59 Å². The van der Waals surface area contributed by atoms with E-state index in [4.69, 9.17) is 0 Å². The lowest BCUT2D eigenvalue weighted by Crippen LogP contribution is -2.50. The van der Waals surface area contributed by atoms with Crippen molar-refractivity contribution in [1.82, 2.24) is 10.2 Å². The molecule has 162 valence electrons. The van der Waals surface area contributed by atoms with Crippen LogP contribution in [0.25, 0.3) is 0 Å². The molecular formula is C23H28Br2N2O2S. The Bertz CT molecular complexity index is 828. The highest BCUT2D eigenvalue weighted by Gasteiger charge is 2.26. The maximum Gasteiger partial charge on any atom is 0.242 e. The Kier molecular flexibility index (Phi) is 10.4. The lowest BCUT2D eigenvalue weighted by atomic mass is 10.1. The van der Waals surface area contributed by atoms with Crippen molar-refractivity contribution in [3.63, 3.8) is 0 Å². The summed E-state index contributed by atoms with van der Waals surface area (Å²) in [5.74, 6) is 0.922. The summed E-state index contributed by atoms with van der Waals surface area (Å²) >= 11 is 8.44. The van der Waals surface area contributed by atoms with Gasteiger partial charge in [-0.2, -0.15) is 0 Å². The van der Waals surface area contributed by atoms with Gasteiger partial charge in [-0.25, -0.2) is 0 Å². The van der Waals surface area contributed by atoms with Crippen molar-refractivity contribution in [2.75, 3.05) is 5.75 Å². The first-order valence-corrected chi connectivity index (χ1v) is 12.7. The first-order valence-electron chi connectivity index (χ1n) is 9.96. The fraction of sp³-hybridized carbons (Fsp3) is 0.391. The van der Waals surface area contributed by atoms with Gasteiger partial charge < -0.3 is 10.2 Å². The molecular weight excluding hydrogens is 528 g/mol. The van der Waals surface area contributed by atoms with E-state index in [1.165, 1.54) is 0 Å². The third-order valence-electron chi connectivity index (χ3n) is 4.84. The minimum absolute atomic E-state index is 0.0353. The second kappa shape index (κ2) is 12.5. The summed E-state index contributed by atoms with van der Waals surface area (Å²) in [5.41, 5.74) is 2.16. The molecule has 0 aromatic heterocycles. The van der Waals surface area contributed by atoms with Crippen LogP contribution in [0.4, 0.5) is 0 Å². The number of carbonyl (C=O) groups excluding carboxylic acids is 2. The molecule has 30 heavy (non-hydrogen) atoms. The molecule has 0 heterocycles. The van der Waals surface area contributed by atoms with Gasteiger partial charge >= 0.3 is 0 Å². The van der Waals surface area contributed by atoms with E-state index >= 15 is 0 Å². The first kappa shape index (κ1) is 25.0. The van der Waals surface area contributed by atoms with Crippen LogP contribution in [0, 0.1) is 0 Å². The van der Waals surface area contributed by atoms with Crippen LogP contribution < -0.4 is 5.32 Å². The van der Waals surface area contributed by atoms with Gasteiger partial charge in [0.2, 0.25) is 11.8 Å². The van der Waals surface area contributed by atoms with Crippen molar-refractivity contribution in [2.24, 2.45) is 0 Å². The average molecular weight is 556 g/mol. The van der Waals surface area contributed by atoms with Gasteiger partial charge in [0.15, 0.2) is 0 Å². The zero-order valence-corrected chi connectivity index (χ0v) is 21.5. The van der Waals surface area contributed by atoms with Crippen LogP contribution in [-0.2, 0) is 21.9 Å². The largest absolute Gasteiger partial charge is 0.352 e. The zero-order chi connectivity index (χ0) is 22.1. The molecule has 2 aromatic carbocycles. The number of thioether (sulfide) groups is 1. The van der Waals surface area contributed by atoms with Gasteiger partial charge in [-0.05, 0) is 55.7 Å². The van der Waals surface area contributed by atoms with Gasteiger partial charge in [0.1, 0.15) is 6.04 Å². The summed E-state index contributed by atoms with van der Waals surface area (Å²) in [4.78, 5) is 27.5. The SMILES string of the molecule is CCC(C)NC(=O)C(C)N(Cc1ccc(Br)cc1)C(=O)CSCc1ccc(Br)cc1. The highest BCUT2D eigenvalue weighted by atomic mass is 79.9. The molecule has 4 nitrogen and oxygen atoms in total. The minimum atomic E-state index is -0.538. The predicted octanol–water partition coefficient (Wildman–Crippen LogP) is 5.78. The molecule has 2 amide bonds. The molecule has 0 fully saturated rings. The average Bonchev–Trinajstić information content (AvgIpc) is 2.74. The Labute approximate surface area is 200 Å². The number of rotatable bonds is 10. The molecule has 7 heteroatoms. The molecule has 2 atom stereocenters. The third-order valence-corrected chi connectivity index (χ3v) is 6.89. The molecule has 0 aliphatic heterocycles. The maximum atomic E-state index is 13.1. The minimum Gasteiger partial charge on any atom is -0.352 e. The summed E-state index contributed by atoms with van der Waals surface area (Å²) in [7, 11) is 0. The molecule has 0 saturated carbocycles. The number of carbonyl (C=O) groups is 2. The molecule has 0 spiro atoms. The fourth-order valence-corrected chi connectivity index (χ4v) is 4.15. The number of amides is 2. The first-order chi connectivity index (χ1) is 14.3. The van der Waals surface area contributed by atoms with Crippen molar-refractivity contribution in [3.8, 4) is 0 Å². The number of benzene rings is 2. The third kappa shape index (κ3) is 8.08. The Morgan fingerprint density at radius 3 is 2.03 bits per heavy atom. The standard InChI is InChI=1S/C23H28Br2N2O2S/c1-4-16(2)26-23(29)17(3)27(13-18-5-9-20(24)10-6-18)22(28)15-30-14-19-7-11-21(25)12-8-19/h5-12,16-17H,4,13-15H2,1-3H3,(H,26,29). The van der Waals surface area contributed by atoms with Crippen LogP contribution in [0.15, 0.2) is 57.5 Å². The van der Waals surface area contributed by atoms with Gasteiger partial charge in [-0.3, -0.25) is 9.59 Å². The van der Waals surface area contributed by atoms with Gasteiger partial charge in [-0.1, -0.05) is 63.0 Å². The highest BCUT2D eigenvalue weighted by molar-refractivity contribution is 9.10. The van der Waals surface area contributed by atoms with Crippen molar-refractivity contribution in [2.45, 2.75) is 51.6 Å². The number of halogens is 2. The lowest BCUT2D eigenvalue weighted by Gasteiger charge is -2.29. The van der Waals surface area contributed by atoms with Gasteiger partial charge in [0.25, 0.3) is 0 Å². The summed E-state index contributed by atoms with van der Waals surface area (Å²) in [5, 5.41) is 3.00. The molecule has 2 unspecified atom stereocenters. The summed E-state index contributed by atoms with van der Waals surface area (Å²) in [6.07, 6.45) is 0.849. The molecule has 0 saturated heterocycles. The van der Waals surface area contributed by atoms with Crippen molar-refractivity contribution in [3.05, 3.63) is 68.6 Å². The van der Waals surface area contributed by atoms with Gasteiger partial charge in [-0.15, -0.1) is 11.8 Å². The topological polar surface area (TPSA) is 49.4 Å². The van der Waals surface area contributed by atoms with E-state index in [-0.39, 0.29) is 17.9 Å². The molecule has 2 aromatic rings. The van der Waals surface area contributed by atoms with Crippen LogP contribution in [0.2, 0.25) is 0 Å². The Hall–Kier alpha value is -1.31. The van der Waals surface area contributed by atoms with Crippen molar-refractivity contribution >= 4 is 55.4 Å². The quantitative estimate of drug-likeness (QED) is 0.404. The predicted molar refractivity (Wildman–Crippen MR) is 132 cm³/mol. The van der Waals surface area contributed by atoms with E-state index in [0.717, 1.165) is 32.2 Å². The van der Waals surface area contributed by atoms with E-state index in [2.05, 4.69) is 37.2 Å². The van der Waals surface area contributed by atoms with Crippen LogP contribution in [0.1, 0.15) is 38.3 Å². The molecule has 0 aliphatic rings. The lowest BCUT2D eigenvalue weighted by molar-refractivity contribution is -0.138. The van der Waals surface area contributed by atoms with Crippen LogP contribution in [-0.4, -0.2) is 34.6 Å². The van der Waals surface area contributed by atoms with Gasteiger partial charge in [0, 0.05) is 27.3 Å². The summed E-state index contributed by atoms with van der Waals surface area (Å²) in [6.45, 7) is 6.20. The summed E-state index contributed by atoms with van der Waals surface area (Å²) in [6, 6.07) is 15.5. The van der Waals surface area contributed by atoms with Crippen LogP contribution >= 0.6 is 43.6 Å². The van der Waals surface area contributed by atoms with Crippen molar-refractivity contribution < 1.29 is 9.59 Å². The number of hydrogen-bond donors (Lipinski definition) is 1. The number of hydrogen-bond acceptors (Lipinski definition) is 3. The maximum absolute atomic E-state index is 13.1. The number of nitrogens with one attached hydrogen (secondary N) is 1. The molecule has 2 rings (SSSR count). The fourth-order valence-electron chi connectivity index (χ4n) is 2.75. The van der Waals surface area contributed by atoms with E-state index in [1.807, 2.05) is 62.4 Å². The smallest absolute Gasteiger partial charge is 0.242 e. The van der Waals surface area contributed by atoms with E-state index < -0.39 is 6.04 Å². The normalized spacial score (nSPS) is 12.8. The Morgan fingerprint density at radius 1 is 0.967 bits per heavy atom.